The molecule has 4 aliphatic rings. The normalized spacial score (nSPS) is 33.9. The summed E-state index contributed by atoms with van der Waals surface area (Å²) in [6, 6.07) is 0. The van der Waals surface area contributed by atoms with E-state index < -0.39 is 0 Å². The minimum atomic E-state index is 0. The Kier molecular flexibility index (Phi) is 5.01. The van der Waals surface area contributed by atoms with E-state index in [0.29, 0.717) is 5.92 Å². The van der Waals surface area contributed by atoms with Crippen molar-refractivity contribution < 1.29 is 21.1 Å². The molecular weight excluding hydrogens is 399 g/mol. The molecule has 0 spiro atoms. The SMILES string of the molecule is C1=CC(C2[CH-]C3C=CC2C3)C=C1.[CH]1C=CC=C1.[Pt]. The van der Waals surface area contributed by atoms with Crippen molar-refractivity contribution in [3.05, 3.63) is 73.6 Å². The number of fused-ring (bicyclic) bond motifs is 2. The van der Waals surface area contributed by atoms with E-state index in [9.17, 15) is 0 Å². The van der Waals surface area contributed by atoms with E-state index >= 15 is 0 Å². The molecule has 2 bridgehead atoms. The maximum absolute atomic E-state index is 2.54. The Balaban J connectivity index is 0.000000172. The molecule has 0 aromatic heterocycles. The average molecular weight is 417 g/mol. The Morgan fingerprint density at radius 3 is 1.94 bits per heavy atom. The van der Waals surface area contributed by atoms with Crippen LogP contribution in [0.1, 0.15) is 6.42 Å². The van der Waals surface area contributed by atoms with Gasteiger partial charge in [-0.2, -0.15) is 5.92 Å². The summed E-state index contributed by atoms with van der Waals surface area (Å²) in [7, 11) is 0. The smallest absolute Gasteiger partial charge is 0.00506 e. The van der Waals surface area contributed by atoms with E-state index in [4.69, 9.17) is 0 Å². The molecule has 0 aromatic rings. The molecule has 97 valence electrons. The third-order valence-electron chi connectivity index (χ3n) is 3.89. The van der Waals surface area contributed by atoms with E-state index in [0.717, 1.165) is 17.8 Å². The van der Waals surface area contributed by atoms with Crippen molar-refractivity contribution in [2.45, 2.75) is 6.42 Å². The Morgan fingerprint density at radius 1 is 0.778 bits per heavy atom. The van der Waals surface area contributed by atoms with Gasteiger partial charge in [0.1, 0.15) is 0 Å². The van der Waals surface area contributed by atoms with Gasteiger partial charge in [-0.15, -0.1) is 12.0 Å². The first-order valence-electron chi connectivity index (χ1n) is 6.48. The predicted molar refractivity (Wildman–Crippen MR) is 72.9 cm³/mol. The van der Waals surface area contributed by atoms with Crippen LogP contribution in [0.25, 0.3) is 0 Å². The van der Waals surface area contributed by atoms with Gasteiger partial charge >= 0.3 is 0 Å². The number of hydrogen-bond acceptors (Lipinski definition) is 0. The van der Waals surface area contributed by atoms with Crippen molar-refractivity contribution in [2.24, 2.45) is 23.7 Å². The largest absolute Gasteiger partial charge is 0.317 e. The van der Waals surface area contributed by atoms with Crippen molar-refractivity contribution in [2.75, 3.05) is 0 Å². The summed E-state index contributed by atoms with van der Waals surface area (Å²) >= 11 is 0. The molecule has 3 atom stereocenters. The summed E-state index contributed by atoms with van der Waals surface area (Å²) in [5, 5.41) is 0. The van der Waals surface area contributed by atoms with Gasteiger partial charge in [0.25, 0.3) is 0 Å². The average Bonchev–Trinajstić information content (AvgIpc) is 3.14. The Hall–Kier alpha value is -0.612. The second-order valence-electron chi connectivity index (χ2n) is 5.03. The van der Waals surface area contributed by atoms with E-state index in [-0.39, 0.29) is 21.1 Å². The van der Waals surface area contributed by atoms with Crippen LogP contribution >= 0.6 is 0 Å². The molecule has 0 saturated heterocycles. The van der Waals surface area contributed by atoms with Gasteiger partial charge < -0.3 is 6.42 Å². The molecule has 4 rings (SSSR count). The first kappa shape index (κ1) is 13.8. The molecule has 0 heterocycles. The minimum absolute atomic E-state index is 0. The Bertz CT molecular complexity index is 389. The van der Waals surface area contributed by atoms with Gasteiger partial charge in [-0.25, -0.2) is 0 Å². The van der Waals surface area contributed by atoms with Crippen molar-refractivity contribution in [1.29, 1.82) is 0 Å². The van der Waals surface area contributed by atoms with Gasteiger partial charge in [-0.05, 0) is 11.8 Å². The van der Waals surface area contributed by atoms with E-state index in [2.05, 4.69) is 42.9 Å². The Morgan fingerprint density at radius 2 is 1.50 bits per heavy atom. The molecule has 3 unspecified atom stereocenters. The second kappa shape index (κ2) is 6.52. The standard InChI is InChI=1S/C12H13.C5H5.Pt/c1-2-4-10(3-1)12-8-9-5-6-11(12)7-9;1-2-4-5-3-1;/h1-6,8-12H,7H2;1-5H;/q-1;;. The van der Waals surface area contributed by atoms with Gasteiger partial charge in [-0.1, -0.05) is 61.1 Å². The fourth-order valence-corrected chi connectivity index (χ4v) is 3.05. The van der Waals surface area contributed by atoms with Crippen LogP contribution in [0.2, 0.25) is 0 Å². The molecule has 0 aliphatic heterocycles. The molecule has 0 amide bonds. The van der Waals surface area contributed by atoms with Crippen LogP contribution < -0.4 is 0 Å². The quantitative estimate of drug-likeness (QED) is 0.446. The summed E-state index contributed by atoms with van der Waals surface area (Å²) in [5.74, 6) is 3.13. The number of rotatable bonds is 1. The molecule has 1 fully saturated rings. The summed E-state index contributed by atoms with van der Waals surface area (Å²) < 4.78 is 0. The minimum Gasteiger partial charge on any atom is -0.317 e. The summed E-state index contributed by atoms with van der Waals surface area (Å²) in [4.78, 5) is 0. The molecule has 4 aliphatic carbocycles. The monoisotopic (exact) mass is 417 g/mol. The molecule has 0 nitrogen and oxygen atoms in total. The van der Waals surface area contributed by atoms with Crippen LogP contribution in [0, 0.1) is 36.5 Å². The van der Waals surface area contributed by atoms with Crippen LogP contribution in [0.5, 0.6) is 0 Å². The second-order valence-corrected chi connectivity index (χ2v) is 5.03. The molecule has 1 radical (unpaired) electrons. The van der Waals surface area contributed by atoms with Gasteiger partial charge in [0, 0.05) is 27.5 Å². The maximum Gasteiger partial charge on any atom is 0.00506 e. The topological polar surface area (TPSA) is 0 Å². The van der Waals surface area contributed by atoms with Crippen LogP contribution in [0.15, 0.2) is 60.8 Å². The number of hydrogen-bond donors (Lipinski definition) is 0. The van der Waals surface area contributed by atoms with Crippen LogP contribution in [0.3, 0.4) is 0 Å². The molecule has 0 N–H and O–H groups in total. The summed E-state index contributed by atoms with van der Waals surface area (Å²) in [6.45, 7) is 0. The zero-order valence-corrected chi connectivity index (χ0v) is 12.5. The van der Waals surface area contributed by atoms with Crippen LogP contribution in [-0.2, 0) is 21.1 Å². The third-order valence-corrected chi connectivity index (χ3v) is 3.89. The van der Waals surface area contributed by atoms with Gasteiger partial charge in [-0.3, -0.25) is 0 Å². The van der Waals surface area contributed by atoms with Gasteiger partial charge in [0.15, 0.2) is 0 Å². The molecule has 0 aromatic carbocycles. The fraction of sp³-hybridized carbons (Fsp3) is 0.294. The summed E-state index contributed by atoms with van der Waals surface area (Å²) in [6.07, 6.45) is 27.7. The van der Waals surface area contributed by atoms with Crippen LogP contribution in [-0.4, -0.2) is 0 Å². The zero-order chi connectivity index (χ0) is 11.5. The third kappa shape index (κ3) is 3.04. The van der Waals surface area contributed by atoms with Crippen molar-refractivity contribution in [3.63, 3.8) is 0 Å². The van der Waals surface area contributed by atoms with E-state index in [1.54, 1.807) is 0 Å². The van der Waals surface area contributed by atoms with Gasteiger partial charge in [0.2, 0.25) is 0 Å². The first-order chi connectivity index (χ1) is 8.43. The van der Waals surface area contributed by atoms with Gasteiger partial charge in [0.05, 0.1) is 0 Å². The molecular formula is C17H18Pt-. The number of allylic oxidation sites excluding steroid dienone is 10. The van der Waals surface area contributed by atoms with Crippen molar-refractivity contribution in [1.82, 2.24) is 0 Å². The summed E-state index contributed by atoms with van der Waals surface area (Å²) in [5.41, 5.74) is 0. The fourth-order valence-electron chi connectivity index (χ4n) is 3.05. The van der Waals surface area contributed by atoms with Crippen molar-refractivity contribution in [3.8, 4) is 0 Å². The molecule has 1 saturated carbocycles. The predicted octanol–water partition coefficient (Wildman–Crippen LogP) is 4.07. The van der Waals surface area contributed by atoms with Crippen LogP contribution in [0.4, 0.5) is 0 Å². The zero-order valence-electron chi connectivity index (χ0n) is 10.3. The first-order valence-corrected chi connectivity index (χ1v) is 6.48. The molecule has 1 heteroatoms. The van der Waals surface area contributed by atoms with Crippen molar-refractivity contribution >= 4 is 0 Å². The Labute approximate surface area is 125 Å². The molecule has 18 heavy (non-hydrogen) atoms. The maximum atomic E-state index is 2.54. The van der Waals surface area contributed by atoms with E-state index in [1.807, 2.05) is 30.7 Å². The van der Waals surface area contributed by atoms with E-state index in [1.165, 1.54) is 6.42 Å².